The fourth-order valence-electron chi connectivity index (χ4n) is 1.72. The van der Waals surface area contributed by atoms with Crippen LogP contribution in [0.5, 0.6) is 0 Å². The van der Waals surface area contributed by atoms with Crippen LogP contribution in [0.2, 0.25) is 0 Å². The lowest BCUT2D eigenvalue weighted by Crippen LogP contribution is -2.03. The van der Waals surface area contributed by atoms with E-state index in [-0.39, 0.29) is 5.82 Å². The number of hydrogen-bond acceptors (Lipinski definition) is 3. The largest absolute Gasteiger partial charge is 0.384 e. The number of rotatable bonds is 3. The summed E-state index contributed by atoms with van der Waals surface area (Å²) >= 11 is 0. The van der Waals surface area contributed by atoms with Gasteiger partial charge in [-0.3, -0.25) is 0 Å². The van der Waals surface area contributed by atoms with Crippen molar-refractivity contribution in [3.63, 3.8) is 0 Å². The highest BCUT2D eigenvalue weighted by molar-refractivity contribution is 5.29. The molecule has 88 valence electrons. The molecule has 0 spiro atoms. The monoisotopic (exact) mass is 231 g/mol. The molecule has 1 aromatic carbocycles. The Balaban J connectivity index is 2.07. The average molecular weight is 231 g/mol. The van der Waals surface area contributed by atoms with E-state index in [2.05, 4.69) is 9.97 Å². The van der Waals surface area contributed by atoms with Crippen molar-refractivity contribution in [1.82, 2.24) is 9.97 Å². The molecular formula is C13H14FN3. The Kier molecular flexibility index (Phi) is 3.32. The molecule has 0 amide bonds. The molecule has 1 aromatic heterocycles. The summed E-state index contributed by atoms with van der Waals surface area (Å²) in [7, 11) is 0. The first-order chi connectivity index (χ1) is 8.13. The molecule has 2 aromatic rings. The summed E-state index contributed by atoms with van der Waals surface area (Å²) in [5.74, 6) is 0.964. The van der Waals surface area contributed by atoms with Crippen molar-refractivity contribution in [2.24, 2.45) is 0 Å². The van der Waals surface area contributed by atoms with E-state index in [0.29, 0.717) is 24.5 Å². The third kappa shape index (κ3) is 3.24. The van der Waals surface area contributed by atoms with Crippen LogP contribution in [0.1, 0.15) is 17.1 Å². The molecule has 0 saturated heterocycles. The van der Waals surface area contributed by atoms with Gasteiger partial charge in [-0.15, -0.1) is 0 Å². The Morgan fingerprint density at radius 1 is 1.18 bits per heavy atom. The van der Waals surface area contributed by atoms with Crippen LogP contribution in [0.25, 0.3) is 0 Å². The van der Waals surface area contributed by atoms with Gasteiger partial charge >= 0.3 is 0 Å². The number of nitrogens with zero attached hydrogens (tertiary/aromatic N) is 2. The maximum absolute atomic E-state index is 13.0. The van der Waals surface area contributed by atoms with Crippen LogP contribution in [0.3, 0.4) is 0 Å². The molecule has 0 aliphatic carbocycles. The minimum absolute atomic E-state index is 0.216. The molecule has 0 atom stereocenters. The van der Waals surface area contributed by atoms with Crippen LogP contribution in [0, 0.1) is 12.7 Å². The van der Waals surface area contributed by atoms with Gasteiger partial charge in [0.1, 0.15) is 17.5 Å². The van der Waals surface area contributed by atoms with Gasteiger partial charge in [0.2, 0.25) is 0 Å². The fourth-order valence-corrected chi connectivity index (χ4v) is 1.72. The summed E-state index contributed by atoms with van der Waals surface area (Å²) in [6.45, 7) is 1.88. The standard InChI is InChI=1S/C13H14FN3/c1-9-7-12(15)17-13(16-9)6-5-10-3-2-4-11(14)8-10/h2-4,7-8H,5-6H2,1H3,(H2,15,16,17). The van der Waals surface area contributed by atoms with Gasteiger partial charge in [0, 0.05) is 18.2 Å². The summed E-state index contributed by atoms with van der Waals surface area (Å²) < 4.78 is 13.0. The maximum atomic E-state index is 13.0. The Labute approximate surface area is 99.5 Å². The van der Waals surface area contributed by atoms with Gasteiger partial charge in [-0.2, -0.15) is 0 Å². The van der Waals surface area contributed by atoms with Gasteiger partial charge in [-0.1, -0.05) is 12.1 Å². The molecule has 0 radical (unpaired) electrons. The highest BCUT2D eigenvalue weighted by Gasteiger charge is 2.02. The van der Waals surface area contributed by atoms with Crippen LogP contribution in [-0.2, 0) is 12.8 Å². The minimum atomic E-state index is -0.216. The lowest BCUT2D eigenvalue weighted by molar-refractivity contribution is 0.625. The fraction of sp³-hybridized carbons (Fsp3) is 0.231. The van der Waals surface area contributed by atoms with Crippen LogP contribution in [0.15, 0.2) is 30.3 Å². The molecule has 2 rings (SSSR count). The molecule has 17 heavy (non-hydrogen) atoms. The summed E-state index contributed by atoms with van der Waals surface area (Å²) in [6.07, 6.45) is 1.37. The summed E-state index contributed by atoms with van der Waals surface area (Å²) in [5.41, 5.74) is 7.43. The zero-order valence-corrected chi connectivity index (χ0v) is 9.65. The van der Waals surface area contributed by atoms with Crippen molar-refractivity contribution in [2.75, 3.05) is 5.73 Å². The third-order valence-electron chi connectivity index (χ3n) is 2.45. The molecule has 4 heteroatoms. The highest BCUT2D eigenvalue weighted by atomic mass is 19.1. The summed E-state index contributed by atoms with van der Waals surface area (Å²) in [6, 6.07) is 8.29. The van der Waals surface area contributed by atoms with E-state index in [1.54, 1.807) is 12.1 Å². The topological polar surface area (TPSA) is 51.8 Å². The summed E-state index contributed by atoms with van der Waals surface area (Å²) in [5, 5.41) is 0. The van der Waals surface area contributed by atoms with Crippen molar-refractivity contribution >= 4 is 5.82 Å². The van der Waals surface area contributed by atoms with E-state index < -0.39 is 0 Å². The van der Waals surface area contributed by atoms with Gasteiger partial charge in [0.05, 0.1) is 0 Å². The molecule has 2 N–H and O–H groups in total. The van der Waals surface area contributed by atoms with E-state index >= 15 is 0 Å². The quantitative estimate of drug-likeness (QED) is 0.881. The zero-order chi connectivity index (χ0) is 12.3. The number of anilines is 1. The van der Waals surface area contributed by atoms with E-state index in [0.717, 1.165) is 11.3 Å². The predicted octanol–water partition coefficient (Wildman–Crippen LogP) is 2.29. The zero-order valence-electron chi connectivity index (χ0n) is 9.65. The molecule has 0 unspecified atom stereocenters. The predicted molar refractivity (Wildman–Crippen MR) is 65.0 cm³/mol. The van der Waals surface area contributed by atoms with E-state index in [9.17, 15) is 4.39 Å². The van der Waals surface area contributed by atoms with Crippen molar-refractivity contribution in [1.29, 1.82) is 0 Å². The Morgan fingerprint density at radius 2 is 2.00 bits per heavy atom. The number of aryl methyl sites for hydroxylation is 3. The number of halogens is 1. The molecule has 0 saturated carbocycles. The smallest absolute Gasteiger partial charge is 0.131 e. The Bertz CT molecular complexity index is 506. The normalized spacial score (nSPS) is 10.5. The highest BCUT2D eigenvalue weighted by Crippen LogP contribution is 2.08. The van der Waals surface area contributed by atoms with Crippen LogP contribution in [0.4, 0.5) is 10.2 Å². The lowest BCUT2D eigenvalue weighted by atomic mass is 10.1. The third-order valence-corrected chi connectivity index (χ3v) is 2.45. The molecule has 0 aliphatic rings. The second-order valence-electron chi connectivity index (χ2n) is 3.98. The maximum Gasteiger partial charge on any atom is 0.131 e. The molecule has 0 aliphatic heterocycles. The molecule has 1 heterocycles. The number of nitrogen functional groups attached to an aromatic ring is 1. The van der Waals surface area contributed by atoms with Crippen molar-refractivity contribution in [3.8, 4) is 0 Å². The Hall–Kier alpha value is -1.97. The van der Waals surface area contributed by atoms with E-state index in [4.69, 9.17) is 5.73 Å². The van der Waals surface area contributed by atoms with Crippen molar-refractivity contribution < 1.29 is 4.39 Å². The second kappa shape index (κ2) is 4.91. The first-order valence-corrected chi connectivity index (χ1v) is 5.48. The first kappa shape index (κ1) is 11.5. The molecular weight excluding hydrogens is 217 g/mol. The molecule has 0 bridgehead atoms. The van der Waals surface area contributed by atoms with Crippen LogP contribution in [-0.4, -0.2) is 9.97 Å². The van der Waals surface area contributed by atoms with Crippen LogP contribution >= 0.6 is 0 Å². The van der Waals surface area contributed by atoms with Gasteiger partial charge in [0.25, 0.3) is 0 Å². The second-order valence-corrected chi connectivity index (χ2v) is 3.98. The van der Waals surface area contributed by atoms with Crippen molar-refractivity contribution in [3.05, 3.63) is 53.2 Å². The van der Waals surface area contributed by atoms with Gasteiger partial charge < -0.3 is 5.73 Å². The Morgan fingerprint density at radius 3 is 2.71 bits per heavy atom. The average Bonchev–Trinajstić information content (AvgIpc) is 2.25. The number of benzene rings is 1. The minimum Gasteiger partial charge on any atom is -0.384 e. The SMILES string of the molecule is Cc1cc(N)nc(CCc2cccc(F)c2)n1. The van der Waals surface area contributed by atoms with Crippen LogP contribution < -0.4 is 5.73 Å². The van der Waals surface area contributed by atoms with E-state index in [1.165, 1.54) is 12.1 Å². The molecule has 0 fully saturated rings. The number of nitrogens with two attached hydrogens (primary N) is 1. The number of hydrogen-bond donors (Lipinski definition) is 1. The first-order valence-electron chi connectivity index (χ1n) is 5.48. The number of aromatic nitrogens is 2. The van der Waals surface area contributed by atoms with Gasteiger partial charge in [-0.25, -0.2) is 14.4 Å². The van der Waals surface area contributed by atoms with Gasteiger partial charge in [0.15, 0.2) is 0 Å². The van der Waals surface area contributed by atoms with Crippen molar-refractivity contribution in [2.45, 2.75) is 19.8 Å². The van der Waals surface area contributed by atoms with Gasteiger partial charge in [-0.05, 0) is 31.0 Å². The molecule has 3 nitrogen and oxygen atoms in total. The lowest BCUT2D eigenvalue weighted by Gasteiger charge is -2.03. The summed E-state index contributed by atoms with van der Waals surface area (Å²) in [4.78, 5) is 8.43. The van der Waals surface area contributed by atoms with E-state index in [1.807, 2.05) is 13.0 Å².